The van der Waals surface area contributed by atoms with E-state index in [1.807, 2.05) is 18.2 Å². The zero-order valence-corrected chi connectivity index (χ0v) is 15.6. The van der Waals surface area contributed by atoms with Crippen LogP contribution in [0.4, 0.5) is 5.69 Å². The predicted octanol–water partition coefficient (Wildman–Crippen LogP) is 0.526. The van der Waals surface area contributed by atoms with E-state index >= 15 is 0 Å². The topological polar surface area (TPSA) is 122 Å². The summed E-state index contributed by atoms with van der Waals surface area (Å²) in [5.74, 6) is -0.963. The van der Waals surface area contributed by atoms with Crippen LogP contribution in [0.1, 0.15) is 0 Å². The molecule has 0 fully saturated rings. The number of hydrogen-bond acceptors (Lipinski definition) is 9. The minimum atomic E-state index is -0.590. The highest BCUT2D eigenvalue weighted by molar-refractivity contribution is 7.19. The minimum Gasteiger partial charge on any atom is -0.466 e. The number of nitrogens with zero attached hydrogens (tertiary/aromatic N) is 5. The number of aliphatic hydroxyl groups is 1. The molecule has 3 aromatic rings. The molecule has 11 heteroatoms. The number of fused-ring (bicyclic) bond motifs is 1. The maximum Gasteiger partial charge on any atom is 0.337 e. The van der Waals surface area contributed by atoms with Crippen LogP contribution in [0.2, 0.25) is 0 Å². The third-order valence-electron chi connectivity index (χ3n) is 4.26. The van der Waals surface area contributed by atoms with Crippen LogP contribution in [0.5, 0.6) is 0 Å². The highest BCUT2D eigenvalue weighted by Crippen LogP contribution is 2.33. The zero-order valence-electron chi connectivity index (χ0n) is 14.8. The Morgan fingerprint density at radius 2 is 2.21 bits per heavy atom. The number of rotatable bonds is 6. The van der Waals surface area contributed by atoms with E-state index in [2.05, 4.69) is 20.6 Å². The molecule has 1 aromatic carbocycles. The number of para-hydroxylation sites is 1. The van der Waals surface area contributed by atoms with E-state index in [9.17, 15) is 14.7 Å². The van der Waals surface area contributed by atoms with E-state index < -0.39 is 5.97 Å². The van der Waals surface area contributed by atoms with Gasteiger partial charge in [0.25, 0.3) is 5.91 Å². The van der Waals surface area contributed by atoms with Crippen molar-refractivity contribution in [2.24, 2.45) is 0 Å². The molecule has 2 aromatic heterocycles. The largest absolute Gasteiger partial charge is 0.466 e. The standard InChI is InChI=1S/C17H16N6O4S/c1-27-16(26)11-8-22(6-7-24)15(25)13(11)19-12-5-3-2-4-10(12)14-21-23-9-18-20-17(23)28-14/h2-5,9,19,24H,6-8H2,1H3. The third kappa shape index (κ3) is 3.10. The summed E-state index contributed by atoms with van der Waals surface area (Å²) in [6, 6.07) is 7.32. The van der Waals surface area contributed by atoms with Crippen LogP contribution in [-0.2, 0) is 14.3 Å². The first-order chi connectivity index (χ1) is 13.6. The summed E-state index contributed by atoms with van der Waals surface area (Å²) in [6.07, 6.45) is 1.51. The molecular weight excluding hydrogens is 384 g/mol. The normalized spacial score (nSPS) is 14.2. The van der Waals surface area contributed by atoms with Crippen molar-refractivity contribution < 1.29 is 19.4 Å². The Labute approximate surface area is 163 Å². The highest BCUT2D eigenvalue weighted by Gasteiger charge is 2.34. The fraction of sp³-hybridized carbons (Fsp3) is 0.235. The Hall–Kier alpha value is -3.31. The third-order valence-corrected chi connectivity index (χ3v) is 5.20. The van der Waals surface area contributed by atoms with E-state index in [-0.39, 0.29) is 36.9 Å². The van der Waals surface area contributed by atoms with Crippen LogP contribution >= 0.6 is 11.3 Å². The van der Waals surface area contributed by atoms with Crippen molar-refractivity contribution in [2.75, 3.05) is 32.1 Å². The van der Waals surface area contributed by atoms with Crippen molar-refractivity contribution in [2.45, 2.75) is 0 Å². The Morgan fingerprint density at radius 3 is 2.96 bits per heavy atom. The SMILES string of the molecule is COC(=O)C1=C(Nc2ccccc2-c2nn3cnnc3s2)C(=O)N(CCO)C1. The van der Waals surface area contributed by atoms with Gasteiger partial charge in [0, 0.05) is 17.8 Å². The number of nitrogens with one attached hydrogen (secondary N) is 1. The lowest BCUT2D eigenvalue weighted by atomic mass is 10.1. The van der Waals surface area contributed by atoms with Gasteiger partial charge in [-0.25, -0.2) is 4.79 Å². The van der Waals surface area contributed by atoms with E-state index in [4.69, 9.17) is 4.74 Å². The van der Waals surface area contributed by atoms with Crippen molar-refractivity contribution in [1.82, 2.24) is 24.7 Å². The molecule has 10 nitrogen and oxygen atoms in total. The van der Waals surface area contributed by atoms with Gasteiger partial charge in [0.2, 0.25) is 4.96 Å². The van der Waals surface area contributed by atoms with Crippen molar-refractivity contribution in [1.29, 1.82) is 0 Å². The van der Waals surface area contributed by atoms with Crippen LogP contribution in [0.15, 0.2) is 41.9 Å². The van der Waals surface area contributed by atoms with Crippen molar-refractivity contribution in [3.63, 3.8) is 0 Å². The molecule has 1 aliphatic rings. The van der Waals surface area contributed by atoms with Gasteiger partial charge in [-0.15, -0.1) is 10.2 Å². The van der Waals surface area contributed by atoms with Gasteiger partial charge in [0.1, 0.15) is 17.0 Å². The summed E-state index contributed by atoms with van der Waals surface area (Å²) in [5, 5.41) is 25.2. The van der Waals surface area contributed by atoms with Crippen molar-refractivity contribution in [3.05, 3.63) is 41.9 Å². The average molecular weight is 400 g/mol. The molecule has 4 rings (SSSR count). The fourth-order valence-electron chi connectivity index (χ4n) is 2.93. The van der Waals surface area contributed by atoms with Gasteiger partial charge < -0.3 is 20.1 Å². The monoisotopic (exact) mass is 400 g/mol. The molecular formula is C17H16N6O4S. The Kier molecular flexibility index (Phi) is 4.75. The maximum absolute atomic E-state index is 12.7. The summed E-state index contributed by atoms with van der Waals surface area (Å²) in [6.45, 7) is 0.00709. The number of amides is 1. The molecule has 2 N–H and O–H groups in total. The molecule has 1 aliphatic heterocycles. The fourth-order valence-corrected chi connectivity index (χ4v) is 3.79. The number of carbonyl (C=O) groups is 2. The number of aromatic nitrogens is 4. The molecule has 0 saturated carbocycles. The molecule has 1 amide bonds. The number of anilines is 1. The molecule has 0 saturated heterocycles. The number of hydrogen-bond donors (Lipinski definition) is 2. The first-order valence-corrected chi connectivity index (χ1v) is 9.19. The van der Waals surface area contributed by atoms with Gasteiger partial charge in [-0.2, -0.15) is 9.61 Å². The van der Waals surface area contributed by atoms with Gasteiger partial charge in [0.15, 0.2) is 0 Å². The summed E-state index contributed by atoms with van der Waals surface area (Å²) >= 11 is 1.35. The second-order valence-electron chi connectivity index (χ2n) is 5.93. The molecule has 0 spiro atoms. The minimum absolute atomic E-state index is 0.0767. The summed E-state index contributed by atoms with van der Waals surface area (Å²) in [4.78, 5) is 26.9. The predicted molar refractivity (Wildman–Crippen MR) is 100 cm³/mol. The number of benzene rings is 1. The van der Waals surface area contributed by atoms with Gasteiger partial charge in [0.05, 0.1) is 25.8 Å². The van der Waals surface area contributed by atoms with Gasteiger partial charge in [-0.05, 0) is 12.1 Å². The molecule has 0 aliphatic carbocycles. The Balaban J connectivity index is 1.72. The van der Waals surface area contributed by atoms with E-state index in [1.165, 1.54) is 29.7 Å². The number of esters is 1. The molecule has 0 bridgehead atoms. The number of carbonyl (C=O) groups excluding carboxylic acids is 2. The number of aliphatic hydroxyl groups excluding tert-OH is 1. The maximum atomic E-state index is 12.7. The molecule has 28 heavy (non-hydrogen) atoms. The molecule has 0 unspecified atom stereocenters. The lowest BCUT2D eigenvalue weighted by Gasteiger charge is -2.15. The van der Waals surface area contributed by atoms with Crippen molar-refractivity contribution >= 4 is 33.9 Å². The van der Waals surface area contributed by atoms with Crippen LogP contribution in [0.25, 0.3) is 15.5 Å². The van der Waals surface area contributed by atoms with Crippen molar-refractivity contribution in [3.8, 4) is 10.6 Å². The van der Waals surface area contributed by atoms with Crippen LogP contribution in [0.3, 0.4) is 0 Å². The number of methoxy groups -OCH3 is 1. The second kappa shape index (κ2) is 7.37. The Bertz CT molecular complexity index is 1060. The van der Waals surface area contributed by atoms with E-state index in [0.29, 0.717) is 15.7 Å². The highest BCUT2D eigenvalue weighted by atomic mass is 32.1. The molecule has 144 valence electrons. The van der Waals surface area contributed by atoms with Crippen LogP contribution in [0, 0.1) is 0 Å². The quantitative estimate of drug-likeness (QED) is 0.575. The van der Waals surface area contributed by atoms with E-state index in [1.54, 1.807) is 10.6 Å². The van der Waals surface area contributed by atoms with Gasteiger partial charge >= 0.3 is 5.97 Å². The second-order valence-corrected chi connectivity index (χ2v) is 6.89. The Morgan fingerprint density at radius 1 is 1.39 bits per heavy atom. The number of ether oxygens (including phenoxy) is 1. The smallest absolute Gasteiger partial charge is 0.337 e. The first kappa shape index (κ1) is 18.1. The summed E-state index contributed by atoms with van der Waals surface area (Å²) in [5.41, 5.74) is 1.72. The van der Waals surface area contributed by atoms with E-state index in [0.717, 1.165) is 5.56 Å². The first-order valence-electron chi connectivity index (χ1n) is 8.37. The molecule has 0 radical (unpaired) electrons. The average Bonchev–Trinajstić information content (AvgIpc) is 3.38. The lowest BCUT2D eigenvalue weighted by molar-refractivity contribution is -0.136. The molecule has 3 heterocycles. The zero-order chi connectivity index (χ0) is 19.7. The van der Waals surface area contributed by atoms with Crippen LogP contribution < -0.4 is 5.32 Å². The summed E-state index contributed by atoms with van der Waals surface area (Å²) in [7, 11) is 1.26. The van der Waals surface area contributed by atoms with Gasteiger partial charge in [-0.3, -0.25) is 4.79 Å². The van der Waals surface area contributed by atoms with Gasteiger partial charge in [-0.1, -0.05) is 23.5 Å². The number of β-amino-alcohol motifs (C(OH)–C–C–N with tert-alkyl or cyclic N) is 1. The molecule has 0 atom stereocenters. The lowest BCUT2D eigenvalue weighted by Crippen LogP contribution is -2.31. The summed E-state index contributed by atoms with van der Waals surface area (Å²) < 4.78 is 6.38. The van der Waals surface area contributed by atoms with Crippen LogP contribution in [-0.4, -0.2) is 68.5 Å².